The van der Waals surface area contributed by atoms with E-state index in [0.29, 0.717) is 17.3 Å². The summed E-state index contributed by atoms with van der Waals surface area (Å²) in [6.45, 7) is 4.52. The summed E-state index contributed by atoms with van der Waals surface area (Å²) in [5.41, 5.74) is 1.40. The molecule has 6 heteroatoms. The number of benzene rings is 1. The zero-order valence-corrected chi connectivity index (χ0v) is 12.7. The van der Waals surface area contributed by atoms with E-state index >= 15 is 0 Å². The molecule has 1 aliphatic heterocycles. The molecule has 2 atom stereocenters. The van der Waals surface area contributed by atoms with Gasteiger partial charge in [-0.1, -0.05) is 5.16 Å². The minimum Gasteiger partial charge on any atom is -0.376 e. The van der Waals surface area contributed by atoms with Gasteiger partial charge in [0, 0.05) is 17.7 Å². The normalized spacial score (nSPS) is 19.1. The van der Waals surface area contributed by atoms with E-state index in [1.807, 2.05) is 6.92 Å². The number of ether oxygens (including phenoxy) is 1. The number of hydrogen-bond donors (Lipinski definition) is 1. The molecule has 1 aromatic heterocycles. The molecule has 116 valence electrons. The minimum absolute atomic E-state index is 0.00765. The van der Waals surface area contributed by atoms with Crippen LogP contribution in [0.5, 0.6) is 0 Å². The summed E-state index contributed by atoms with van der Waals surface area (Å²) in [5.74, 6) is 0.940. The lowest BCUT2D eigenvalue weighted by atomic mass is 10.1. The van der Waals surface area contributed by atoms with Crippen LogP contribution in [0.15, 0.2) is 28.8 Å². The lowest BCUT2D eigenvalue weighted by Crippen LogP contribution is -2.40. The van der Waals surface area contributed by atoms with Gasteiger partial charge in [0.1, 0.15) is 0 Å². The van der Waals surface area contributed by atoms with Crippen LogP contribution in [0.25, 0.3) is 11.5 Å². The van der Waals surface area contributed by atoms with Crippen molar-refractivity contribution in [3.05, 3.63) is 35.7 Å². The topological polar surface area (TPSA) is 77.2 Å². The molecule has 3 rings (SSSR count). The number of nitrogens with zero attached hydrogens (tertiary/aromatic N) is 2. The molecule has 0 unspecified atom stereocenters. The van der Waals surface area contributed by atoms with E-state index in [9.17, 15) is 4.79 Å². The third-order valence-corrected chi connectivity index (χ3v) is 3.80. The van der Waals surface area contributed by atoms with Crippen LogP contribution in [-0.2, 0) is 4.74 Å². The predicted molar refractivity (Wildman–Crippen MR) is 80.4 cm³/mol. The summed E-state index contributed by atoms with van der Waals surface area (Å²) < 4.78 is 10.7. The Kier molecular flexibility index (Phi) is 4.20. The smallest absolute Gasteiger partial charge is 0.257 e. The minimum atomic E-state index is -0.101. The van der Waals surface area contributed by atoms with E-state index in [-0.39, 0.29) is 18.1 Å². The van der Waals surface area contributed by atoms with Gasteiger partial charge in [0.25, 0.3) is 11.8 Å². The molecule has 1 N–H and O–H groups in total. The maximum atomic E-state index is 12.2. The Bertz CT molecular complexity index is 645. The first-order chi connectivity index (χ1) is 10.6. The van der Waals surface area contributed by atoms with Gasteiger partial charge in [0.2, 0.25) is 0 Å². The van der Waals surface area contributed by atoms with E-state index in [0.717, 1.165) is 25.0 Å². The molecular formula is C16H19N3O3. The van der Waals surface area contributed by atoms with Crippen LogP contribution in [0.3, 0.4) is 0 Å². The second-order valence-corrected chi connectivity index (χ2v) is 5.54. The highest BCUT2D eigenvalue weighted by atomic mass is 16.5. The van der Waals surface area contributed by atoms with Gasteiger partial charge in [-0.2, -0.15) is 4.98 Å². The first-order valence-corrected chi connectivity index (χ1v) is 7.46. The van der Waals surface area contributed by atoms with E-state index in [1.165, 1.54) is 0 Å². The summed E-state index contributed by atoms with van der Waals surface area (Å²) in [6, 6.07) is 7.13. The number of hydrogen-bond acceptors (Lipinski definition) is 5. The SMILES string of the molecule is Cc1noc(-c2ccc(C(=O)N[C@@H](C)[C@H]3CCCO3)cc2)n1. The van der Waals surface area contributed by atoms with E-state index < -0.39 is 0 Å². The maximum absolute atomic E-state index is 12.2. The predicted octanol–water partition coefficient (Wildman–Crippen LogP) is 2.34. The van der Waals surface area contributed by atoms with E-state index in [4.69, 9.17) is 9.26 Å². The molecule has 2 heterocycles. The van der Waals surface area contributed by atoms with Crippen LogP contribution in [-0.4, -0.2) is 34.8 Å². The van der Waals surface area contributed by atoms with Crippen LogP contribution in [0, 0.1) is 6.92 Å². The standard InChI is InChI=1S/C16H19N3O3/c1-10(14-4-3-9-21-14)17-15(20)12-5-7-13(8-6-12)16-18-11(2)19-22-16/h5-8,10,14H,3-4,9H2,1-2H3,(H,17,20)/t10-,14+/m0/s1. The molecule has 0 saturated carbocycles. The largest absolute Gasteiger partial charge is 0.376 e. The van der Waals surface area contributed by atoms with Crippen molar-refractivity contribution in [2.75, 3.05) is 6.61 Å². The van der Waals surface area contributed by atoms with Crippen molar-refractivity contribution in [1.82, 2.24) is 15.5 Å². The molecule has 1 aliphatic rings. The molecule has 1 aromatic carbocycles. The average Bonchev–Trinajstić information content (AvgIpc) is 3.18. The van der Waals surface area contributed by atoms with Gasteiger partial charge < -0.3 is 14.6 Å². The number of carbonyl (C=O) groups excluding carboxylic acids is 1. The number of aromatic nitrogens is 2. The Morgan fingerprint density at radius 3 is 2.73 bits per heavy atom. The summed E-state index contributed by atoms with van der Waals surface area (Å²) in [5, 5.41) is 6.74. The lowest BCUT2D eigenvalue weighted by Gasteiger charge is -2.20. The molecule has 0 spiro atoms. The Hall–Kier alpha value is -2.21. The summed E-state index contributed by atoms with van der Waals surface area (Å²) in [7, 11) is 0. The monoisotopic (exact) mass is 301 g/mol. The number of amides is 1. The van der Waals surface area contributed by atoms with Crippen molar-refractivity contribution in [2.45, 2.75) is 38.8 Å². The molecule has 1 amide bonds. The van der Waals surface area contributed by atoms with E-state index in [1.54, 1.807) is 31.2 Å². The van der Waals surface area contributed by atoms with Crippen LogP contribution in [0.2, 0.25) is 0 Å². The second kappa shape index (κ2) is 6.27. The van der Waals surface area contributed by atoms with Crippen LogP contribution < -0.4 is 5.32 Å². The fraction of sp³-hybridized carbons (Fsp3) is 0.438. The fourth-order valence-corrected chi connectivity index (χ4v) is 2.56. The molecule has 1 fully saturated rings. The molecule has 1 saturated heterocycles. The summed E-state index contributed by atoms with van der Waals surface area (Å²) in [4.78, 5) is 16.4. The molecule has 0 bridgehead atoms. The van der Waals surface area contributed by atoms with Gasteiger partial charge in [0.05, 0.1) is 12.1 Å². The van der Waals surface area contributed by atoms with Gasteiger partial charge in [-0.05, 0) is 51.0 Å². The molecule has 22 heavy (non-hydrogen) atoms. The van der Waals surface area contributed by atoms with Crippen molar-refractivity contribution >= 4 is 5.91 Å². The highest BCUT2D eigenvalue weighted by Crippen LogP contribution is 2.18. The van der Waals surface area contributed by atoms with Crippen LogP contribution in [0.1, 0.15) is 35.9 Å². The Morgan fingerprint density at radius 2 is 2.14 bits per heavy atom. The summed E-state index contributed by atoms with van der Waals surface area (Å²) in [6.07, 6.45) is 2.17. The van der Waals surface area contributed by atoms with Crippen molar-refractivity contribution in [3.63, 3.8) is 0 Å². The van der Waals surface area contributed by atoms with Crippen LogP contribution in [0.4, 0.5) is 0 Å². The average molecular weight is 301 g/mol. The molecule has 0 aliphatic carbocycles. The van der Waals surface area contributed by atoms with Crippen molar-refractivity contribution < 1.29 is 14.1 Å². The van der Waals surface area contributed by atoms with E-state index in [2.05, 4.69) is 15.5 Å². The molecule has 6 nitrogen and oxygen atoms in total. The van der Waals surface area contributed by atoms with Crippen molar-refractivity contribution in [1.29, 1.82) is 0 Å². The number of rotatable bonds is 4. The zero-order valence-electron chi connectivity index (χ0n) is 12.7. The van der Waals surface area contributed by atoms with Gasteiger partial charge in [-0.3, -0.25) is 4.79 Å². The van der Waals surface area contributed by atoms with Gasteiger partial charge in [-0.15, -0.1) is 0 Å². The zero-order chi connectivity index (χ0) is 15.5. The number of aryl methyl sites for hydroxylation is 1. The first kappa shape index (κ1) is 14.7. The van der Waals surface area contributed by atoms with Gasteiger partial charge in [0.15, 0.2) is 5.82 Å². The second-order valence-electron chi connectivity index (χ2n) is 5.54. The lowest BCUT2D eigenvalue weighted by molar-refractivity contribution is 0.0712. The molecule has 0 radical (unpaired) electrons. The number of nitrogens with one attached hydrogen (secondary N) is 1. The van der Waals surface area contributed by atoms with Gasteiger partial charge in [-0.25, -0.2) is 0 Å². The summed E-state index contributed by atoms with van der Waals surface area (Å²) >= 11 is 0. The Labute approximate surface area is 128 Å². The quantitative estimate of drug-likeness (QED) is 0.938. The Morgan fingerprint density at radius 1 is 1.36 bits per heavy atom. The molecule has 2 aromatic rings. The highest BCUT2D eigenvalue weighted by molar-refractivity contribution is 5.94. The highest BCUT2D eigenvalue weighted by Gasteiger charge is 2.24. The number of carbonyl (C=O) groups is 1. The van der Waals surface area contributed by atoms with Crippen molar-refractivity contribution in [2.24, 2.45) is 0 Å². The first-order valence-electron chi connectivity index (χ1n) is 7.46. The molecular weight excluding hydrogens is 282 g/mol. The third kappa shape index (κ3) is 3.17. The third-order valence-electron chi connectivity index (χ3n) is 3.80. The fourth-order valence-electron chi connectivity index (χ4n) is 2.56. The van der Waals surface area contributed by atoms with Crippen molar-refractivity contribution in [3.8, 4) is 11.5 Å². The van der Waals surface area contributed by atoms with Crippen LogP contribution >= 0.6 is 0 Å². The Balaban J connectivity index is 1.65. The van der Waals surface area contributed by atoms with Gasteiger partial charge >= 0.3 is 0 Å². The maximum Gasteiger partial charge on any atom is 0.257 e.